The van der Waals surface area contributed by atoms with Gasteiger partial charge < -0.3 is 0 Å². The minimum absolute atomic E-state index is 0.148. The van der Waals surface area contributed by atoms with Gasteiger partial charge in [-0.05, 0) is 13.0 Å². The fraction of sp³-hybridized carbons (Fsp3) is 0.182. The third kappa shape index (κ3) is 1.38. The summed E-state index contributed by atoms with van der Waals surface area (Å²) in [7, 11) is 0. The van der Waals surface area contributed by atoms with Crippen molar-refractivity contribution < 1.29 is 4.39 Å². The van der Waals surface area contributed by atoms with E-state index in [-0.39, 0.29) is 11.6 Å². The third-order valence-corrected chi connectivity index (χ3v) is 3.15. The molecule has 3 heteroatoms. The number of benzene rings is 1. The molecule has 0 spiro atoms. The number of hydrogen-bond acceptors (Lipinski definition) is 2. The van der Waals surface area contributed by atoms with Crippen molar-refractivity contribution in [3.05, 3.63) is 34.5 Å². The number of thiophene rings is 1. The van der Waals surface area contributed by atoms with E-state index < -0.39 is 0 Å². The molecule has 1 aromatic carbocycles. The molecule has 1 aromatic heterocycles. The lowest BCUT2D eigenvalue weighted by Gasteiger charge is -1.94. The van der Waals surface area contributed by atoms with Gasteiger partial charge in [0.2, 0.25) is 0 Å². The van der Waals surface area contributed by atoms with Crippen molar-refractivity contribution in [2.75, 3.05) is 0 Å². The minimum Gasteiger partial charge on any atom is -0.198 e. The zero-order chi connectivity index (χ0) is 10.1. The predicted molar refractivity (Wildman–Crippen MR) is 55.8 cm³/mol. The summed E-state index contributed by atoms with van der Waals surface area (Å²) in [5.74, 6) is 0. The lowest BCUT2D eigenvalue weighted by molar-refractivity contribution is 0.647. The number of fused-ring (bicyclic) bond motifs is 1. The molecular weight excluding hydrogens is 197 g/mol. The SMILES string of the molecule is Cc1ccc2sc(F)c(CC#N)c2c1. The summed E-state index contributed by atoms with van der Waals surface area (Å²) in [4.78, 5) is 0. The van der Waals surface area contributed by atoms with Crippen LogP contribution < -0.4 is 0 Å². The Morgan fingerprint density at radius 3 is 3.00 bits per heavy atom. The standard InChI is InChI=1S/C11H8FNS/c1-7-2-3-10-9(6-7)8(4-5-13)11(12)14-10/h2-3,6H,4H2,1H3. The van der Waals surface area contributed by atoms with Gasteiger partial charge in [-0.2, -0.15) is 9.65 Å². The van der Waals surface area contributed by atoms with Crippen LogP contribution in [0.1, 0.15) is 11.1 Å². The van der Waals surface area contributed by atoms with E-state index in [2.05, 4.69) is 0 Å². The van der Waals surface area contributed by atoms with E-state index in [9.17, 15) is 4.39 Å². The summed E-state index contributed by atoms with van der Waals surface area (Å²) < 4.78 is 14.3. The highest BCUT2D eigenvalue weighted by atomic mass is 32.1. The molecule has 0 unspecified atom stereocenters. The quantitative estimate of drug-likeness (QED) is 0.699. The van der Waals surface area contributed by atoms with E-state index in [0.29, 0.717) is 5.56 Å². The van der Waals surface area contributed by atoms with Crippen LogP contribution in [-0.4, -0.2) is 0 Å². The maximum atomic E-state index is 13.4. The van der Waals surface area contributed by atoms with Gasteiger partial charge >= 0.3 is 0 Å². The van der Waals surface area contributed by atoms with E-state index in [4.69, 9.17) is 5.26 Å². The van der Waals surface area contributed by atoms with Gasteiger partial charge in [0.25, 0.3) is 0 Å². The van der Waals surface area contributed by atoms with Crippen molar-refractivity contribution in [2.24, 2.45) is 0 Å². The van der Waals surface area contributed by atoms with Gasteiger partial charge in [0.15, 0.2) is 5.13 Å². The molecule has 0 bridgehead atoms. The Balaban J connectivity index is 2.74. The summed E-state index contributed by atoms with van der Waals surface area (Å²) in [6.07, 6.45) is 0.148. The second-order valence-electron chi connectivity index (χ2n) is 3.19. The molecule has 1 nitrogen and oxygen atoms in total. The minimum atomic E-state index is -0.229. The lowest BCUT2D eigenvalue weighted by Crippen LogP contribution is -1.82. The van der Waals surface area contributed by atoms with Crippen LogP contribution in [0.25, 0.3) is 10.1 Å². The number of rotatable bonds is 1. The molecule has 2 aromatic rings. The summed E-state index contributed by atoms with van der Waals surface area (Å²) in [6.45, 7) is 1.96. The average molecular weight is 205 g/mol. The molecule has 70 valence electrons. The fourth-order valence-electron chi connectivity index (χ4n) is 1.48. The molecule has 0 saturated heterocycles. The van der Waals surface area contributed by atoms with Crippen LogP contribution in [0.5, 0.6) is 0 Å². The van der Waals surface area contributed by atoms with E-state index in [0.717, 1.165) is 27.0 Å². The molecule has 0 atom stereocenters. The molecule has 0 fully saturated rings. The van der Waals surface area contributed by atoms with E-state index in [1.807, 2.05) is 31.2 Å². The zero-order valence-electron chi connectivity index (χ0n) is 7.67. The number of hydrogen-bond donors (Lipinski definition) is 0. The molecule has 14 heavy (non-hydrogen) atoms. The Labute approximate surface area is 85.4 Å². The molecule has 0 radical (unpaired) electrons. The van der Waals surface area contributed by atoms with Crippen LogP contribution in [0, 0.1) is 23.4 Å². The predicted octanol–water partition coefficient (Wildman–Crippen LogP) is 3.41. The highest BCUT2D eigenvalue weighted by Gasteiger charge is 2.11. The van der Waals surface area contributed by atoms with E-state index >= 15 is 0 Å². The molecule has 1 heterocycles. The Kier molecular flexibility index (Phi) is 2.22. The third-order valence-electron chi connectivity index (χ3n) is 2.15. The fourth-order valence-corrected chi connectivity index (χ4v) is 2.40. The van der Waals surface area contributed by atoms with Crippen molar-refractivity contribution in [1.82, 2.24) is 0 Å². The number of nitriles is 1. The van der Waals surface area contributed by atoms with E-state index in [1.165, 1.54) is 0 Å². The summed E-state index contributed by atoms with van der Waals surface area (Å²) in [5, 5.41) is 9.23. The van der Waals surface area contributed by atoms with Crippen molar-refractivity contribution in [2.45, 2.75) is 13.3 Å². The average Bonchev–Trinajstić information content (AvgIpc) is 2.45. The summed E-state index contributed by atoms with van der Waals surface area (Å²) in [5.41, 5.74) is 1.63. The van der Waals surface area contributed by atoms with Gasteiger partial charge in [-0.25, -0.2) is 0 Å². The molecule has 0 N–H and O–H groups in total. The normalized spacial score (nSPS) is 10.4. The van der Waals surface area contributed by atoms with Crippen LogP contribution in [0.2, 0.25) is 0 Å². The van der Waals surface area contributed by atoms with Gasteiger partial charge in [-0.3, -0.25) is 0 Å². The first-order chi connectivity index (χ1) is 6.72. The molecule has 0 aliphatic rings. The maximum Gasteiger partial charge on any atom is 0.181 e. The van der Waals surface area contributed by atoms with Crippen molar-refractivity contribution >= 4 is 21.4 Å². The zero-order valence-corrected chi connectivity index (χ0v) is 8.49. The first-order valence-electron chi connectivity index (χ1n) is 4.27. The lowest BCUT2D eigenvalue weighted by atomic mass is 10.1. The Bertz CT molecular complexity index is 522. The first-order valence-corrected chi connectivity index (χ1v) is 5.08. The van der Waals surface area contributed by atoms with Crippen LogP contribution in [0.15, 0.2) is 18.2 Å². The van der Waals surface area contributed by atoms with Crippen molar-refractivity contribution in [3.63, 3.8) is 0 Å². The first kappa shape index (κ1) is 9.17. The largest absolute Gasteiger partial charge is 0.198 e. The van der Waals surface area contributed by atoms with Crippen LogP contribution >= 0.6 is 11.3 Å². The molecule has 0 saturated carbocycles. The van der Waals surface area contributed by atoms with E-state index in [1.54, 1.807) is 0 Å². The Morgan fingerprint density at radius 2 is 2.29 bits per heavy atom. The van der Waals surface area contributed by atoms with Gasteiger partial charge in [0, 0.05) is 15.6 Å². The Hall–Kier alpha value is -1.40. The second-order valence-corrected chi connectivity index (χ2v) is 4.19. The number of nitrogens with zero attached hydrogens (tertiary/aromatic N) is 1. The topological polar surface area (TPSA) is 23.8 Å². The van der Waals surface area contributed by atoms with Gasteiger partial charge in [0.05, 0.1) is 12.5 Å². The molecule has 0 amide bonds. The van der Waals surface area contributed by atoms with Crippen molar-refractivity contribution in [1.29, 1.82) is 5.26 Å². The van der Waals surface area contributed by atoms with Crippen LogP contribution in [-0.2, 0) is 6.42 Å². The Morgan fingerprint density at radius 1 is 1.50 bits per heavy atom. The molecule has 0 aliphatic carbocycles. The van der Waals surface area contributed by atoms with Crippen LogP contribution in [0.3, 0.4) is 0 Å². The highest BCUT2D eigenvalue weighted by molar-refractivity contribution is 7.17. The highest BCUT2D eigenvalue weighted by Crippen LogP contribution is 2.30. The number of aryl methyl sites for hydroxylation is 1. The van der Waals surface area contributed by atoms with Crippen molar-refractivity contribution in [3.8, 4) is 6.07 Å². The van der Waals surface area contributed by atoms with Gasteiger partial charge in [-0.15, -0.1) is 11.3 Å². The number of halogens is 1. The summed E-state index contributed by atoms with van der Waals surface area (Å²) in [6, 6.07) is 7.78. The molecular formula is C11H8FNS. The smallest absolute Gasteiger partial charge is 0.181 e. The maximum absolute atomic E-state index is 13.4. The van der Waals surface area contributed by atoms with Crippen LogP contribution in [0.4, 0.5) is 4.39 Å². The second kappa shape index (κ2) is 3.39. The molecule has 0 aliphatic heterocycles. The monoisotopic (exact) mass is 205 g/mol. The molecule has 2 rings (SSSR count). The van der Waals surface area contributed by atoms with Gasteiger partial charge in [-0.1, -0.05) is 17.7 Å². The van der Waals surface area contributed by atoms with Gasteiger partial charge in [0.1, 0.15) is 0 Å². The summed E-state index contributed by atoms with van der Waals surface area (Å²) >= 11 is 1.11.